The van der Waals surface area contributed by atoms with Gasteiger partial charge < -0.3 is 24.4 Å². The molecule has 8 heteroatoms. The second-order valence-electron chi connectivity index (χ2n) is 11.6. The van der Waals surface area contributed by atoms with Gasteiger partial charge in [-0.15, -0.1) is 0 Å². The molecule has 0 aromatic heterocycles. The van der Waals surface area contributed by atoms with Crippen LogP contribution < -0.4 is 4.74 Å². The maximum Gasteiger partial charge on any atom is 0.410 e. The maximum absolute atomic E-state index is 13.4. The van der Waals surface area contributed by atoms with Gasteiger partial charge in [-0.05, 0) is 68.0 Å². The number of amides is 2. The number of β-amino-alcohol motifs (C(OH)–C–C–N with tert-alkyl or cyclic N) is 1. The van der Waals surface area contributed by atoms with Crippen LogP contribution in [0.25, 0.3) is 5.57 Å². The number of nitrogens with zero attached hydrogens (tertiary/aromatic N) is 3. The Morgan fingerprint density at radius 1 is 1.05 bits per heavy atom. The van der Waals surface area contributed by atoms with Gasteiger partial charge >= 0.3 is 6.09 Å². The van der Waals surface area contributed by atoms with Crippen LogP contribution in [0.3, 0.4) is 0 Å². The van der Waals surface area contributed by atoms with Gasteiger partial charge in [-0.2, -0.15) is 0 Å². The number of fused-ring (bicyclic) bond motifs is 2. The SMILES string of the molecule is CC(C)(C)OC(=O)N1CC=C(c2ccc3c(c2)OCCN(C[C@H](O)CN2CCc4ccccc4C2)C3=O)CC1. The molecule has 0 fully saturated rings. The summed E-state index contributed by atoms with van der Waals surface area (Å²) in [5, 5.41) is 10.9. The fourth-order valence-corrected chi connectivity index (χ4v) is 5.47. The fourth-order valence-electron chi connectivity index (χ4n) is 5.47. The van der Waals surface area contributed by atoms with E-state index in [0.717, 1.165) is 30.6 Å². The lowest BCUT2D eigenvalue weighted by Gasteiger charge is -2.32. The summed E-state index contributed by atoms with van der Waals surface area (Å²) in [6, 6.07) is 14.1. The van der Waals surface area contributed by atoms with Gasteiger partial charge in [0.1, 0.15) is 18.0 Å². The third-order valence-corrected chi connectivity index (χ3v) is 7.46. The number of hydrogen-bond donors (Lipinski definition) is 1. The molecule has 1 N–H and O–H groups in total. The van der Waals surface area contributed by atoms with Crippen molar-refractivity contribution in [3.63, 3.8) is 0 Å². The fraction of sp³-hybridized carbons (Fsp3) is 0.484. The summed E-state index contributed by atoms with van der Waals surface area (Å²) in [6.45, 7) is 9.97. The molecule has 3 aliphatic heterocycles. The van der Waals surface area contributed by atoms with Gasteiger partial charge in [-0.3, -0.25) is 9.69 Å². The molecule has 0 unspecified atom stereocenters. The Balaban J connectivity index is 1.19. The summed E-state index contributed by atoms with van der Waals surface area (Å²) in [6.07, 6.45) is 2.77. The van der Waals surface area contributed by atoms with Gasteiger partial charge in [0.15, 0.2) is 0 Å². The van der Waals surface area contributed by atoms with E-state index in [0.29, 0.717) is 50.5 Å². The molecule has 0 saturated heterocycles. The number of aliphatic hydroxyl groups is 1. The zero-order chi connectivity index (χ0) is 27.6. The highest BCUT2D eigenvalue weighted by molar-refractivity contribution is 5.97. The highest BCUT2D eigenvalue weighted by Crippen LogP contribution is 2.31. The number of aliphatic hydroxyl groups excluding tert-OH is 1. The molecule has 1 atom stereocenters. The van der Waals surface area contributed by atoms with Crippen molar-refractivity contribution in [2.24, 2.45) is 0 Å². The molecule has 2 aromatic rings. The number of carbonyl (C=O) groups excluding carboxylic acids is 2. The third-order valence-electron chi connectivity index (χ3n) is 7.46. The van der Waals surface area contributed by atoms with Crippen molar-refractivity contribution < 1.29 is 24.2 Å². The minimum absolute atomic E-state index is 0.120. The van der Waals surface area contributed by atoms with Crippen molar-refractivity contribution in [1.82, 2.24) is 14.7 Å². The van der Waals surface area contributed by atoms with Crippen LogP contribution in [0.15, 0.2) is 48.5 Å². The van der Waals surface area contributed by atoms with Crippen LogP contribution in [-0.4, -0.2) is 89.4 Å². The molecule has 2 amide bonds. The Bertz CT molecular complexity index is 1250. The molecule has 0 spiro atoms. The van der Waals surface area contributed by atoms with Gasteiger partial charge in [-0.25, -0.2) is 4.79 Å². The summed E-state index contributed by atoms with van der Waals surface area (Å²) in [4.78, 5) is 31.4. The van der Waals surface area contributed by atoms with Crippen molar-refractivity contribution in [3.8, 4) is 5.75 Å². The molecule has 0 bridgehead atoms. The lowest BCUT2D eigenvalue weighted by molar-refractivity contribution is 0.0270. The molecule has 5 rings (SSSR count). The highest BCUT2D eigenvalue weighted by Gasteiger charge is 2.28. The summed E-state index contributed by atoms with van der Waals surface area (Å²) in [5.74, 6) is 0.448. The van der Waals surface area contributed by atoms with E-state index in [-0.39, 0.29) is 18.5 Å². The van der Waals surface area contributed by atoms with E-state index >= 15 is 0 Å². The van der Waals surface area contributed by atoms with E-state index in [1.165, 1.54) is 11.1 Å². The molecule has 8 nitrogen and oxygen atoms in total. The zero-order valence-electron chi connectivity index (χ0n) is 23.2. The van der Waals surface area contributed by atoms with Gasteiger partial charge in [0.2, 0.25) is 0 Å². The van der Waals surface area contributed by atoms with Crippen LogP contribution in [-0.2, 0) is 17.7 Å². The smallest absolute Gasteiger partial charge is 0.410 e. The standard InChI is InChI=1S/C31H39N3O5/c1-31(2,3)39-30(37)33-14-11-23(12-15-33)24-8-9-27-28(18-24)38-17-16-34(29(27)36)21-26(35)20-32-13-10-22-6-4-5-7-25(22)19-32/h4-9,11,18,26,35H,10,12-17,19-21H2,1-3H3/t26-/m1/s1. The molecular formula is C31H39N3O5. The minimum atomic E-state index is -0.639. The summed E-state index contributed by atoms with van der Waals surface area (Å²) in [7, 11) is 0. The van der Waals surface area contributed by atoms with Crippen LogP contribution in [0.1, 0.15) is 54.2 Å². The largest absolute Gasteiger partial charge is 0.491 e. The van der Waals surface area contributed by atoms with E-state index in [1.54, 1.807) is 9.80 Å². The monoisotopic (exact) mass is 533 g/mol. The lowest BCUT2D eigenvalue weighted by Crippen LogP contribution is -2.44. The van der Waals surface area contributed by atoms with Crippen LogP contribution in [0.4, 0.5) is 4.79 Å². The minimum Gasteiger partial charge on any atom is -0.491 e. The summed E-state index contributed by atoms with van der Waals surface area (Å²) >= 11 is 0. The number of carbonyl (C=O) groups is 2. The van der Waals surface area contributed by atoms with Crippen LogP contribution in [0.5, 0.6) is 5.75 Å². The average Bonchev–Trinajstić information content (AvgIpc) is 3.05. The van der Waals surface area contributed by atoms with Crippen LogP contribution in [0, 0.1) is 0 Å². The molecule has 208 valence electrons. The van der Waals surface area contributed by atoms with E-state index in [9.17, 15) is 14.7 Å². The molecule has 39 heavy (non-hydrogen) atoms. The van der Waals surface area contributed by atoms with E-state index in [1.807, 2.05) is 45.0 Å². The predicted molar refractivity (Wildman–Crippen MR) is 150 cm³/mol. The number of benzene rings is 2. The van der Waals surface area contributed by atoms with Crippen molar-refractivity contribution in [3.05, 3.63) is 70.8 Å². The Hall–Kier alpha value is -3.36. The Morgan fingerprint density at radius 3 is 2.59 bits per heavy atom. The van der Waals surface area contributed by atoms with Gasteiger partial charge in [-0.1, -0.05) is 36.4 Å². The van der Waals surface area contributed by atoms with Crippen LogP contribution >= 0.6 is 0 Å². The van der Waals surface area contributed by atoms with Gasteiger partial charge in [0.25, 0.3) is 5.91 Å². The van der Waals surface area contributed by atoms with Crippen molar-refractivity contribution in [2.45, 2.75) is 51.9 Å². The van der Waals surface area contributed by atoms with Crippen molar-refractivity contribution in [2.75, 3.05) is 45.9 Å². The lowest BCUT2D eigenvalue weighted by atomic mass is 9.97. The molecule has 0 aliphatic carbocycles. The van der Waals surface area contributed by atoms with Crippen molar-refractivity contribution in [1.29, 1.82) is 0 Å². The normalized spacial score (nSPS) is 18.9. The van der Waals surface area contributed by atoms with Crippen molar-refractivity contribution >= 4 is 17.6 Å². The Kier molecular flexibility index (Phi) is 7.96. The molecule has 3 aliphatic rings. The highest BCUT2D eigenvalue weighted by atomic mass is 16.6. The average molecular weight is 534 g/mol. The van der Waals surface area contributed by atoms with Gasteiger partial charge in [0, 0.05) is 39.3 Å². The Morgan fingerprint density at radius 2 is 1.85 bits per heavy atom. The number of rotatable bonds is 5. The second-order valence-corrected chi connectivity index (χ2v) is 11.6. The van der Waals surface area contributed by atoms with Gasteiger partial charge in [0.05, 0.1) is 18.2 Å². The first-order chi connectivity index (χ1) is 18.7. The molecular weight excluding hydrogens is 494 g/mol. The Labute approximate surface area is 230 Å². The number of hydrogen-bond acceptors (Lipinski definition) is 6. The number of ether oxygens (including phenoxy) is 2. The predicted octanol–water partition coefficient (Wildman–Crippen LogP) is 3.96. The second kappa shape index (κ2) is 11.4. The first kappa shape index (κ1) is 27.2. The molecule has 2 aromatic carbocycles. The summed E-state index contributed by atoms with van der Waals surface area (Å²) < 4.78 is 11.5. The zero-order valence-corrected chi connectivity index (χ0v) is 23.2. The van der Waals surface area contributed by atoms with E-state index < -0.39 is 11.7 Å². The maximum atomic E-state index is 13.4. The topological polar surface area (TPSA) is 82.5 Å². The quantitative estimate of drug-likeness (QED) is 0.627. The van der Waals surface area contributed by atoms with E-state index in [4.69, 9.17) is 9.47 Å². The van der Waals surface area contributed by atoms with E-state index in [2.05, 4.69) is 29.2 Å². The molecule has 0 saturated carbocycles. The third kappa shape index (κ3) is 6.62. The first-order valence-electron chi connectivity index (χ1n) is 13.9. The summed E-state index contributed by atoms with van der Waals surface area (Å²) in [5.41, 5.74) is 4.79. The molecule has 3 heterocycles. The molecule has 0 radical (unpaired) electrons. The van der Waals surface area contributed by atoms with Crippen LogP contribution in [0.2, 0.25) is 0 Å². The first-order valence-corrected chi connectivity index (χ1v) is 13.9.